The SMILES string of the molecule is C=CC(=O)Nc1ccc(OC)c(/C=C/C2CCC(F)(F)CC2)c1.CC. The van der Waals surface area contributed by atoms with Gasteiger partial charge in [0.15, 0.2) is 0 Å². The van der Waals surface area contributed by atoms with Crippen LogP contribution in [0.2, 0.25) is 0 Å². The van der Waals surface area contributed by atoms with Gasteiger partial charge in [-0.05, 0) is 43.0 Å². The number of allylic oxidation sites excluding steroid dienone is 1. The summed E-state index contributed by atoms with van der Waals surface area (Å²) in [4.78, 5) is 11.4. The standard InChI is InChI=1S/C18H21F2NO2.C2H6/c1-3-17(22)21-15-6-7-16(23-2)14(12-15)5-4-13-8-10-18(19,20)11-9-13;1-2/h3-7,12-13H,1,8-11H2,2H3,(H,21,22);1-2H3/b5-4+;. The third-order valence-corrected chi connectivity index (χ3v) is 3.99. The summed E-state index contributed by atoms with van der Waals surface area (Å²) >= 11 is 0. The Hall–Kier alpha value is -2.17. The molecule has 0 heterocycles. The van der Waals surface area contributed by atoms with Crippen LogP contribution in [0.5, 0.6) is 5.75 Å². The van der Waals surface area contributed by atoms with Crippen LogP contribution < -0.4 is 10.1 Å². The van der Waals surface area contributed by atoms with E-state index >= 15 is 0 Å². The third-order valence-electron chi connectivity index (χ3n) is 3.99. The number of anilines is 1. The average molecular weight is 351 g/mol. The van der Waals surface area contributed by atoms with Crippen molar-refractivity contribution in [3.05, 3.63) is 42.5 Å². The van der Waals surface area contributed by atoms with Crippen LogP contribution in [0.25, 0.3) is 6.08 Å². The van der Waals surface area contributed by atoms with Gasteiger partial charge in [-0.1, -0.05) is 32.6 Å². The smallest absolute Gasteiger partial charge is 0.248 e. The molecule has 5 heteroatoms. The zero-order valence-electron chi connectivity index (χ0n) is 15.1. The molecule has 1 amide bonds. The molecule has 0 atom stereocenters. The topological polar surface area (TPSA) is 38.3 Å². The zero-order chi connectivity index (χ0) is 18.9. The van der Waals surface area contributed by atoms with Gasteiger partial charge in [0, 0.05) is 24.1 Å². The maximum atomic E-state index is 13.2. The number of benzene rings is 1. The van der Waals surface area contributed by atoms with E-state index in [0.717, 1.165) is 5.56 Å². The summed E-state index contributed by atoms with van der Waals surface area (Å²) in [5.74, 6) is -2.00. The molecule has 0 aromatic heterocycles. The van der Waals surface area contributed by atoms with Crippen LogP contribution in [-0.4, -0.2) is 18.9 Å². The number of carbonyl (C=O) groups is 1. The number of alkyl halides is 2. The number of hydrogen-bond acceptors (Lipinski definition) is 2. The fraction of sp³-hybridized carbons (Fsp3) is 0.450. The van der Waals surface area contributed by atoms with Crippen molar-refractivity contribution in [3.63, 3.8) is 0 Å². The third kappa shape index (κ3) is 6.69. The van der Waals surface area contributed by atoms with Gasteiger partial charge < -0.3 is 10.1 Å². The van der Waals surface area contributed by atoms with E-state index in [0.29, 0.717) is 24.3 Å². The van der Waals surface area contributed by atoms with Crippen LogP contribution in [0.3, 0.4) is 0 Å². The van der Waals surface area contributed by atoms with Crippen molar-refractivity contribution in [2.75, 3.05) is 12.4 Å². The fourth-order valence-corrected chi connectivity index (χ4v) is 2.63. The first-order valence-electron chi connectivity index (χ1n) is 8.61. The number of rotatable bonds is 5. The minimum atomic E-state index is -2.52. The predicted octanol–water partition coefficient (Wildman–Crippen LogP) is 5.68. The number of hydrogen-bond donors (Lipinski definition) is 1. The Kier molecular flexibility index (Phi) is 8.32. The Morgan fingerprint density at radius 2 is 1.96 bits per heavy atom. The van der Waals surface area contributed by atoms with Gasteiger partial charge >= 0.3 is 0 Å². The van der Waals surface area contributed by atoms with Gasteiger partial charge in [0.1, 0.15) is 5.75 Å². The van der Waals surface area contributed by atoms with Crippen molar-refractivity contribution in [3.8, 4) is 5.75 Å². The van der Waals surface area contributed by atoms with Crippen LogP contribution in [-0.2, 0) is 4.79 Å². The van der Waals surface area contributed by atoms with Crippen molar-refractivity contribution >= 4 is 17.7 Å². The number of ether oxygens (including phenoxy) is 1. The molecule has 0 bridgehead atoms. The predicted molar refractivity (Wildman–Crippen MR) is 99.1 cm³/mol. The molecule has 0 spiro atoms. The van der Waals surface area contributed by atoms with Crippen LogP contribution >= 0.6 is 0 Å². The fourth-order valence-electron chi connectivity index (χ4n) is 2.63. The van der Waals surface area contributed by atoms with Crippen LogP contribution in [0, 0.1) is 5.92 Å². The molecule has 25 heavy (non-hydrogen) atoms. The average Bonchev–Trinajstić information content (AvgIpc) is 2.62. The van der Waals surface area contributed by atoms with E-state index in [-0.39, 0.29) is 24.7 Å². The van der Waals surface area contributed by atoms with Crippen molar-refractivity contribution in [2.24, 2.45) is 5.92 Å². The lowest BCUT2D eigenvalue weighted by Crippen LogP contribution is -2.23. The molecule has 1 aliphatic carbocycles. The highest BCUT2D eigenvalue weighted by molar-refractivity contribution is 5.99. The molecular weight excluding hydrogens is 324 g/mol. The quantitative estimate of drug-likeness (QED) is 0.693. The van der Waals surface area contributed by atoms with Crippen LogP contribution in [0.15, 0.2) is 36.9 Å². The van der Waals surface area contributed by atoms with E-state index in [1.54, 1.807) is 25.3 Å². The minimum Gasteiger partial charge on any atom is -0.496 e. The molecule has 1 aromatic rings. The molecule has 1 N–H and O–H groups in total. The summed E-state index contributed by atoms with van der Waals surface area (Å²) in [5.41, 5.74) is 1.43. The van der Waals surface area contributed by atoms with Gasteiger partial charge in [0.25, 0.3) is 0 Å². The van der Waals surface area contributed by atoms with E-state index < -0.39 is 5.92 Å². The number of methoxy groups -OCH3 is 1. The first kappa shape index (κ1) is 20.9. The lowest BCUT2D eigenvalue weighted by Gasteiger charge is -2.26. The van der Waals surface area contributed by atoms with E-state index in [1.807, 2.05) is 26.0 Å². The summed E-state index contributed by atoms with van der Waals surface area (Å²) in [6.45, 7) is 7.41. The van der Waals surface area contributed by atoms with E-state index in [1.165, 1.54) is 6.08 Å². The first-order chi connectivity index (χ1) is 11.9. The molecule has 1 fully saturated rings. The molecule has 138 valence electrons. The Labute approximate surface area is 148 Å². The van der Waals surface area contributed by atoms with Crippen molar-refractivity contribution in [2.45, 2.75) is 45.5 Å². The molecule has 1 saturated carbocycles. The minimum absolute atomic E-state index is 0.0609. The van der Waals surface area contributed by atoms with E-state index in [9.17, 15) is 13.6 Å². The largest absolute Gasteiger partial charge is 0.496 e. The van der Waals surface area contributed by atoms with Gasteiger partial charge in [-0.25, -0.2) is 8.78 Å². The van der Waals surface area contributed by atoms with Crippen molar-refractivity contribution in [1.29, 1.82) is 0 Å². The molecular formula is C20H27F2NO2. The molecule has 0 aliphatic heterocycles. The molecule has 0 unspecified atom stereocenters. The van der Waals surface area contributed by atoms with Gasteiger partial charge in [-0.3, -0.25) is 4.79 Å². The second-order valence-electron chi connectivity index (χ2n) is 5.70. The Morgan fingerprint density at radius 1 is 1.32 bits per heavy atom. The monoisotopic (exact) mass is 351 g/mol. The Bertz CT molecular complexity index is 602. The number of carbonyl (C=O) groups excluding carboxylic acids is 1. The molecule has 0 saturated heterocycles. The normalized spacial score (nSPS) is 16.7. The van der Waals surface area contributed by atoms with Gasteiger partial charge in [0.2, 0.25) is 11.8 Å². The van der Waals surface area contributed by atoms with E-state index in [4.69, 9.17) is 4.74 Å². The lowest BCUT2D eigenvalue weighted by atomic mass is 9.86. The van der Waals surface area contributed by atoms with Gasteiger partial charge in [-0.2, -0.15) is 0 Å². The van der Waals surface area contributed by atoms with Crippen LogP contribution in [0.4, 0.5) is 14.5 Å². The van der Waals surface area contributed by atoms with Crippen LogP contribution in [0.1, 0.15) is 45.1 Å². The Balaban J connectivity index is 0.00000151. The summed E-state index contributed by atoms with van der Waals surface area (Å²) in [6, 6.07) is 5.28. The molecule has 0 radical (unpaired) electrons. The summed E-state index contributed by atoms with van der Waals surface area (Å²) < 4.78 is 31.7. The summed E-state index contributed by atoms with van der Waals surface area (Å²) in [7, 11) is 1.57. The first-order valence-corrected chi connectivity index (χ1v) is 8.61. The van der Waals surface area contributed by atoms with Crippen molar-refractivity contribution < 1.29 is 18.3 Å². The second-order valence-corrected chi connectivity index (χ2v) is 5.70. The molecule has 3 nitrogen and oxygen atoms in total. The summed E-state index contributed by atoms with van der Waals surface area (Å²) in [5, 5.41) is 2.69. The zero-order valence-corrected chi connectivity index (χ0v) is 15.1. The lowest BCUT2D eigenvalue weighted by molar-refractivity contribution is -0.111. The highest BCUT2D eigenvalue weighted by Gasteiger charge is 2.33. The highest BCUT2D eigenvalue weighted by Crippen LogP contribution is 2.37. The van der Waals surface area contributed by atoms with Crippen molar-refractivity contribution in [1.82, 2.24) is 0 Å². The maximum absolute atomic E-state index is 13.2. The number of halogens is 2. The molecule has 1 aromatic carbocycles. The van der Waals surface area contributed by atoms with Gasteiger partial charge in [0.05, 0.1) is 7.11 Å². The molecule has 2 rings (SSSR count). The van der Waals surface area contributed by atoms with Gasteiger partial charge in [-0.15, -0.1) is 0 Å². The molecule has 1 aliphatic rings. The number of amides is 1. The number of nitrogens with one attached hydrogen (secondary N) is 1. The van der Waals surface area contributed by atoms with E-state index in [2.05, 4.69) is 11.9 Å². The Morgan fingerprint density at radius 3 is 2.52 bits per heavy atom. The second kappa shape index (κ2) is 9.97. The summed E-state index contributed by atoms with van der Waals surface area (Å²) in [6.07, 6.45) is 5.87. The highest BCUT2D eigenvalue weighted by atomic mass is 19.3. The maximum Gasteiger partial charge on any atom is 0.248 e.